The molecule has 1 atom stereocenters. The SMILES string of the molecule is O=C(N[C@@H]1CCc2cc(-c3noc(C4CC4)n3)ccc21)c1cnc2n1CCCC2. The molecule has 0 spiro atoms. The number of carbonyl (C=O) groups excluding carboxylic acids is 1. The van der Waals surface area contributed by atoms with Gasteiger partial charge in [-0.3, -0.25) is 4.79 Å². The Labute approximate surface area is 168 Å². The Morgan fingerprint density at radius 1 is 1.17 bits per heavy atom. The molecule has 0 bridgehead atoms. The number of rotatable bonds is 4. The summed E-state index contributed by atoms with van der Waals surface area (Å²) in [7, 11) is 0. The molecule has 1 fully saturated rings. The van der Waals surface area contributed by atoms with Gasteiger partial charge in [-0.1, -0.05) is 17.3 Å². The Bertz CT molecular complexity index is 1090. The third-order valence-corrected chi connectivity index (χ3v) is 6.36. The van der Waals surface area contributed by atoms with E-state index in [-0.39, 0.29) is 11.9 Å². The highest BCUT2D eigenvalue weighted by atomic mass is 16.5. The molecule has 2 aromatic heterocycles. The van der Waals surface area contributed by atoms with Gasteiger partial charge in [0.2, 0.25) is 11.7 Å². The number of benzene rings is 1. The number of fused-ring (bicyclic) bond motifs is 2. The molecule has 7 heteroatoms. The summed E-state index contributed by atoms with van der Waals surface area (Å²) in [5, 5.41) is 7.37. The highest BCUT2D eigenvalue weighted by molar-refractivity contribution is 5.93. The van der Waals surface area contributed by atoms with Crippen molar-refractivity contribution in [2.75, 3.05) is 0 Å². The van der Waals surface area contributed by atoms with E-state index in [9.17, 15) is 4.79 Å². The van der Waals surface area contributed by atoms with Crippen molar-refractivity contribution in [3.05, 3.63) is 52.9 Å². The number of nitrogens with one attached hydrogen (secondary N) is 1. The summed E-state index contributed by atoms with van der Waals surface area (Å²) < 4.78 is 7.47. The summed E-state index contributed by atoms with van der Waals surface area (Å²) in [6, 6.07) is 6.31. The number of imidazole rings is 1. The van der Waals surface area contributed by atoms with E-state index < -0.39 is 0 Å². The van der Waals surface area contributed by atoms with Gasteiger partial charge in [-0.05, 0) is 55.7 Å². The van der Waals surface area contributed by atoms with Gasteiger partial charge < -0.3 is 14.4 Å². The van der Waals surface area contributed by atoms with E-state index in [0.717, 1.165) is 68.8 Å². The molecule has 1 N–H and O–H groups in total. The maximum Gasteiger partial charge on any atom is 0.270 e. The van der Waals surface area contributed by atoms with Crippen molar-refractivity contribution < 1.29 is 9.32 Å². The molecule has 1 aromatic carbocycles. The zero-order chi connectivity index (χ0) is 19.4. The van der Waals surface area contributed by atoms with Crippen molar-refractivity contribution in [1.29, 1.82) is 0 Å². The monoisotopic (exact) mass is 389 g/mol. The quantitative estimate of drug-likeness (QED) is 0.737. The Morgan fingerprint density at radius 3 is 3.00 bits per heavy atom. The second-order valence-electron chi connectivity index (χ2n) is 8.38. The normalized spacial score (nSPS) is 20.3. The molecule has 3 heterocycles. The van der Waals surface area contributed by atoms with E-state index in [2.05, 4.69) is 37.1 Å². The number of hydrogen-bond acceptors (Lipinski definition) is 5. The fourth-order valence-corrected chi connectivity index (χ4v) is 4.58. The molecule has 0 radical (unpaired) electrons. The Morgan fingerprint density at radius 2 is 2.10 bits per heavy atom. The van der Waals surface area contributed by atoms with Crippen LogP contribution in [0.4, 0.5) is 0 Å². The van der Waals surface area contributed by atoms with Gasteiger partial charge in [-0.15, -0.1) is 0 Å². The average Bonchev–Trinajstić information content (AvgIpc) is 3.16. The second kappa shape index (κ2) is 6.54. The fraction of sp³-hybridized carbons (Fsp3) is 0.455. The molecule has 7 nitrogen and oxygen atoms in total. The predicted octanol–water partition coefficient (Wildman–Crippen LogP) is 3.56. The van der Waals surface area contributed by atoms with Crippen LogP contribution in [0, 0.1) is 0 Å². The highest BCUT2D eigenvalue weighted by Crippen LogP contribution is 2.40. The maximum absolute atomic E-state index is 12.9. The van der Waals surface area contributed by atoms with E-state index >= 15 is 0 Å². The van der Waals surface area contributed by atoms with Gasteiger partial charge in [0.1, 0.15) is 11.5 Å². The first-order valence-electron chi connectivity index (χ1n) is 10.6. The molecule has 29 heavy (non-hydrogen) atoms. The minimum atomic E-state index is -0.0279. The summed E-state index contributed by atoms with van der Waals surface area (Å²) in [6.07, 6.45) is 9.08. The molecule has 0 unspecified atom stereocenters. The van der Waals surface area contributed by atoms with Crippen LogP contribution in [-0.4, -0.2) is 25.6 Å². The topological polar surface area (TPSA) is 85.8 Å². The number of hydrogen-bond donors (Lipinski definition) is 1. The van der Waals surface area contributed by atoms with E-state index in [4.69, 9.17) is 4.52 Å². The lowest BCUT2D eigenvalue weighted by atomic mass is 10.0. The third kappa shape index (κ3) is 2.96. The Kier molecular flexibility index (Phi) is 3.82. The molecule has 0 saturated heterocycles. The van der Waals surface area contributed by atoms with Crippen LogP contribution in [0.3, 0.4) is 0 Å². The van der Waals surface area contributed by atoms with Gasteiger partial charge >= 0.3 is 0 Å². The number of aryl methyl sites for hydroxylation is 2. The number of amides is 1. The fourth-order valence-electron chi connectivity index (χ4n) is 4.58. The van der Waals surface area contributed by atoms with E-state index in [1.54, 1.807) is 6.20 Å². The smallest absolute Gasteiger partial charge is 0.270 e. The lowest BCUT2D eigenvalue weighted by molar-refractivity contribution is 0.0926. The first-order chi connectivity index (χ1) is 14.3. The number of aromatic nitrogens is 4. The van der Waals surface area contributed by atoms with E-state index in [1.807, 2.05) is 6.07 Å². The van der Waals surface area contributed by atoms with Crippen LogP contribution in [0.1, 0.15) is 77.4 Å². The summed E-state index contributed by atoms with van der Waals surface area (Å²) in [5.41, 5.74) is 4.10. The molecule has 3 aromatic rings. The molecule has 1 saturated carbocycles. The predicted molar refractivity (Wildman–Crippen MR) is 105 cm³/mol. The number of carbonyl (C=O) groups is 1. The summed E-state index contributed by atoms with van der Waals surface area (Å²) in [4.78, 5) is 21.9. The summed E-state index contributed by atoms with van der Waals surface area (Å²) in [6.45, 7) is 0.885. The second-order valence-corrected chi connectivity index (χ2v) is 8.38. The Balaban J connectivity index is 1.21. The minimum absolute atomic E-state index is 0.0279. The third-order valence-electron chi connectivity index (χ3n) is 6.36. The van der Waals surface area contributed by atoms with Gasteiger partial charge in [0.15, 0.2) is 0 Å². The summed E-state index contributed by atoms with van der Waals surface area (Å²) >= 11 is 0. The van der Waals surface area contributed by atoms with Crippen molar-refractivity contribution >= 4 is 5.91 Å². The van der Waals surface area contributed by atoms with Gasteiger partial charge in [-0.2, -0.15) is 4.98 Å². The van der Waals surface area contributed by atoms with Crippen LogP contribution >= 0.6 is 0 Å². The Hall–Kier alpha value is -2.96. The van der Waals surface area contributed by atoms with Crippen LogP contribution in [0.15, 0.2) is 28.9 Å². The van der Waals surface area contributed by atoms with E-state index in [1.165, 1.54) is 11.1 Å². The van der Waals surface area contributed by atoms with Crippen molar-refractivity contribution in [1.82, 2.24) is 25.0 Å². The zero-order valence-electron chi connectivity index (χ0n) is 16.2. The average molecular weight is 389 g/mol. The van der Waals surface area contributed by atoms with Gasteiger partial charge in [0.05, 0.1) is 12.2 Å². The first-order valence-corrected chi connectivity index (χ1v) is 10.6. The summed E-state index contributed by atoms with van der Waals surface area (Å²) in [5.74, 6) is 2.88. The van der Waals surface area contributed by atoms with Crippen molar-refractivity contribution in [2.24, 2.45) is 0 Å². The zero-order valence-corrected chi connectivity index (χ0v) is 16.2. The maximum atomic E-state index is 12.9. The lowest BCUT2D eigenvalue weighted by Gasteiger charge is -2.18. The van der Waals surface area contributed by atoms with Crippen molar-refractivity contribution in [3.63, 3.8) is 0 Å². The van der Waals surface area contributed by atoms with Crippen LogP contribution in [0.25, 0.3) is 11.4 Å². The van der Waals surface area contributed by atoms with E-state index in [0.29, 0.717) is 17.4 Å². The van der Waals surface area contributed by atoms with Crippen molar-refractivity contribution in [3.8, 4) is 11.4 Å². The molecule has 2 aliphatic carbocycles. The van der Waals surface area contributed by atoms with Crippen LogP contribution in [0.2, 0.25) is 0 Å². The largest absolute Gasteiger partial charge is 0.344 e. The molecule has 3 aliphatic rings. The molecular formula is C22H23N5O2. The highest BCUT2D eigenvalue weighted by Gasteiger charge is 2.30. The van der Waals surface area contributed by atoms with Crippen molar-refractivity contribution in [2.45, 2.75) is 63.5 Å². The molecule has 1 aliphatic heterocycles. The molecule has 1 amide bonds. The first kappa shape index (κ1) is 16.9. The standard InChI is InChI=1S/C22H23N5O2/c28-21(18-12-23-19-3-1-2-10-27(18)19)24-17-9-7-14-11-15(6-8-16(14)17)20-25-22(29-26-20)13-4-5-13/h6,8,11-13,17H,1-5,7,9-10H2,(H,24,28)/t17-/m1/s1. The van der Waals surface area contributed by atoms with Gasteiger partial charge in [-0.25, -0.2) is 4.98 Å². The van der Waals surface area contributed by atoms with Gasteiger partial charge in [0, 0.05) is 24.4 Å². The van der Waals surface area contributed by atoms with Crippen LogP contribution < -0.4 is 5.32 Å². The molecule has 6 rings (SSSR count). The van der Waals surface area contributed by atoms with Crippen LogP contribution in [-0.2, 0) is 19.4 Å². The number of nitrogens with zero attached hydrogens (tertiary/aromatic N) is 4. The van der Waals surface area contributed by atoms with Crippen LogP contribution in [0.5, 0.6) is 0 Å². The molecule has 148 valence electrons. The lowest BCUT2D eigenvalue weighted by Crippen LogP contribution is -2.30. The molecular weight excluding hydrogens is 366 g/mol. The minimum Gasteiger partial charge on any atom is -0.344 e. The van der Waals surface area contributed by atoms with Gasteiger partial charge in [0.25, 0.3) is 5.91 Å².